The number of aryl methyl sites for hydroxylation is 1. The Labute approximate surface area is 105 Å². The Hall–Kier alpha value is -1.88. The maximum absolute atomic E-state index is 13.3. The Bertz CT molecular complexity index is 552. The van der Waals surface area contributed by atoms with Gasteiger partial charge >= 0.3 is 0 Å². The number of halogens is 1. The van der Waals surface area contributed by atoms with Crippen molar-refractivity contribution in [3.05, 3.63) is 35.7 Å². The first kappa shape index (κ1) is 12.6. The second-order valence-corrected chi connectivity index (χ2v) is 3.90. The maximum Gasteiger partial charge on any atom is 0.196 e. The van der Waals surface area contributed by atoms with Crippen molar-refractivity contribution in [1.82, 2.24) is 4.98 Å². The lowest BCUT2D eigenvalue weighted by Crippen LogP contribution is -2.02. The zero-order chi connectivity index (χ0) is 13.1. The molecular weight excluding hydrogens is 235 g/mol. The van der Waals surface area contributed by atoms with Gasteiger partial charge in [0.1, 0.15) is 23.0 Å². The van der Waals surface area contributed by atoms with Crippen LogP contribution in [-0.2, 0) is 6.42 Å². The summed E-state index contributed by atoms with van der Waals surface area (Å²) in [5, 5.41) is 0. The molecule has 1 aromatic carbocycles. The van der Waals surface area contributed by atoms with Gasteiger partial charge in [-0.05, 0) is 25.1 Å². The summed E-state index contributed by atoms with van der Waals surface area (Å²) in [6, 6.07) is 4.30. The summed E-state index contributed by atoms with van der Waals surface area (Å²) in [5.74, 6) is 1.40. The van der Waals surface area contributed by atoms with E-state index < -0.39 is 0 Å². The largest absolute Gasteiger partial charge is 0.496 e. The minimum Gasteiger partial charge on any atom is -0.496 e. The van der Waals surface area contributed by atoms with Gasteiger partial charge in [-0.15, -0.1) is 0 Å². The lowest BCUT2D eigenvalue weighted by atomic mass is 10.1. The lowest BCUT2D eigenvalue weighted by molar-refractivity contribution is 0.415. The number of aromatic nitrogens is 1. The van der Waals surface area contributed by atoms with Crippen LogP contribution in [0.5, 0.6) is 5.75 Å². The van der Waals surface area contributed by atoms with E-state index in [0.717, 1.165) is 0 Å². The number of hydrogen-bond donors (Lipinski definition) is 1. The standard InChI is InChI=1S/C13H15FN2O2/c1-8-13(16-12(18-8)5-6-15)10-7-9(14)3-4-11(10)17-2/h3-4,7H,5-6,15H2,1-2H3. The van der Waals surface area contributed by atoms with Gasteiger partial charge in [0, 0.05) is 18.5 Å². The van der Waals surface area contributed by atoms with Gasteiger partial charge in [-0.1, -0.05) is 0 Å². The summed E-state index contributed by atoms with van der Waals surface area (Å²) < 4.78 is 24.0. The van der Waals surface area contributed by atoms with Crippen molar-refractivity contribution >= 4 is 0 Å². The molecule has 1 aromatic heterocycles. The van der Waals surface area contributed by atoms with Crippen molar-refractivity contribution in [3.8, 4) is 17.0 Å². The van der Waals surface area contributed by atoms with Crippen molar-refractivity contribution in [2.45, 2.75) is 13.3 Å². The minimum atomic E-state index is -0.339. The number of hydrogen-bond acceptors (Lipinski definition) is 4. The predicted molar refractivity (Wildman–Crippen MR) is 65.9 cm³/mol. The summed E-state index contributed by atoms with van der Waals surface area (Å²) in [4.78, 5) is 4.33. The molecule has 0 unspecified atom stereocenters. The number of methoxy groups -OCH3 is 1. The third kappa shape index (κ3) is 2.36. The molecule has 0 aliphatic rings. The molecule has 96 valence electrons. The van der Waals surface area contributed by atoms with Crippen LogP contribution in [0.1, 0.15) is 11.7 Å². The van der Waals surface area contributed by atoms with Crippen LogP contribution in [0.15, 0.2) is 22.6 Å². The zero-order valence-electron chi connectivity index (χ0n) is 10.4. The number of oxazole rings is 1. The topological polar surface area (TPSA) is 61.3 Å². The average Bonchev–Trinajstić information content (AvgIpc) is 2.70. The van der Waals surface area contributed by atoms with Crippen LogP contribution in [0, 0.1) is 12.7 Å². The minimum absolute atomic E-state index is 0.339. The summed E-state index contributed by atoms with van der Waals surface area (Å²) >= 11 is 0. The van der Waals surface area contributed by atoms with Gasteiger partial charge in [0.05, 0.1) is 7.11 Å². The first-order valence-corrected chi connectivity index (χ1v) is 5.66. The molecule has 0 atom stereocenters. The Morgan fingerprint density at radius 2 is 2.22 bits per heavy atom. The van der Waals surface area contributed by atoms with E-state index in [1.165, 1.54) is 19.2 Å². The smallest absolute Gasteiger partial charge is 0.196 e. The Kier molecular flexibility index (Phi) is 3.62. The number of ether oxygens (including phenoxy) is 1. The van der Waals surface area contributed by atoms with Crippen LogP contribution >= 0.6 is 0 Å². The van der Waals surface area contributed by atoms with Crippen LogP contribution in [0.3, 0.4) is 0 Å². The van der Waals surface area contributed by atoms with Crippen LogP contribution in [0.4, 0.5) is 4.39 Å². The van der Waals surface area contributed by atoms with E-state index in [4.69, 9.17) is 14.9 Å². The highest BCUT2D eigenvalue weighted by Crippen LogP contribution is 2.32. The third-order valence-corrected chi connectivity index (χ3v) is 2.62. The fourth-order valence-corrected chi connectivity index (χ4v) is 1.80. The van der Waals surface area contributed by atoms with E-state index in [-0.39, 0.29) is 5.82 Å². The van der Waals surface area contributed by atoms with E-state index in [2.05, 4.69) is 4.98 Å². The second-order valence-electron chi connectivity index (χ2n) is 3.90. The van der Waals surface area contributed by atoms with Crippen LogP contribution in [0.2, 0.25) is 0 Å². The molecule has 0 radical (unpaired) electrons. The highest BCUT2D eigenvalue weighted by Gasteiger charge is 2.16. The lowest BCUT2D eigenvalue weighted by Gasteiger charge is -2.06. The molecule has 5 heteroatoms. The highest BCUT2D eigenvalue weighted by molar-refractivity contribution is 5.68. The van der Waals surface area contributed by atoms with E-state index in [9.17, 15) is 4.39 Å². The molecule has 0 saturated carbocycles. The van der Waals surface area contributed by atoms with E-state index >= 15 is 0 Å². The van der Waals surface area contributed by atoms with E-state index in [1.807, 2.05) is 0 Å². The molecule has 18 heavy (non-hydrogen) atoms. The van der Waals surface area contributed by atoms with Crippen LogP contribution in [-0.4, -0.2) is 18.6 Å². The van der Waals surface area contributed by atoms with Gasteiger partial charge in [-0.3, -0.25) is 0 Å². The summed E-state index contributed by atoms with van der Waals surface area (Å²) in [7, 11) is 1.53. The van der Waals surface area contributed by atoms with Crippen LogP contribution < -0.4 is 10.5 Å². The molecule has 1 heterocycles. The molecule has 0 saturated heterocycles. The molecule has 0 aliphatic heterocycles. The fourth-order valence-electron chi connectivity index (χ4n) is 1.80. The zero-order valence-corrected chi connectivity index (χ0v) is 10.4. The molecule has 2 rings (SSSR count). The Morgan fingerprint density at radius 3 is 2.89 bits per heavy atom. The number of benzene rings is 1. The summed E-state index contributed by atoms with van der Waals surface area (Å²) in [6.07, 6.45) is 0.554. The summed E-state index contributed by atoms with van der Waals surface area (Å²) in [5.41, 5.74) is 6.63. The molecule has 0 amide bonds. The van der Waals surface area contributed by atoms with Crippen molar-refractivity contribution in [3.63, 3.8) is 0 Å². The molecule has 4 nitrogen and oxygen atoms in total. The molecule has 0 spiro atoms. The Morgan fingerprint density at radius 1 is 1.44 bits per heavy atom. The molecule has 2 N–H and O–H groups in total. The normalized spacial score (nSPS) is 10.7. The van der Waals surface area contributed by atoms with Crippen molar-refractivity contribution in [2.75, 3.05) is 13.7 Å². The monoisotopic (exact) mass is 250 g/mol. The molecule has 0 fully saturated rings. The van der Waals surface area contributed by atoms with Gasteiger partial charge < -0.3 is 14.9 Å². The number of nitrogens with zero attached hydrogens (tertiary/aromatic N) is 1. The highest BCUT2D eigenvalue weighted by atomic mass is 19.1. The molecular formula is C13H15FN2O2. The number of nitrogens with two attached hydrogens (primary N) is 1. The first-order valence-electron chi connectivity index (χ1n) is 5.66. The number of rotatable bonds is 4. The maximum atomic E-state index is 13.3. The van der Waals surface area contributed by atoms with Crippen molar-refractivity contribution in [2.24, 2.45) is 5.73 Å². The van der Waals surface area contributed by atoms with E-state index in [0.29, 0.717) is 41.6 Å². The van der Waals surface area contributed by atoms with Crippen molar-refractivity contribution in [1.29, 1.82) is 0 Å². The Balaban J connectivity index is 2.50. The summed E-state index contributed by atoms with van der Waals surface area (Å²) in [6.45, 7) is 2.24. The van der Waals surface area contributed by atoms with Gasteiger partial charge in [-0.25, -0.2) is 9.37 Å². The molecule has 0 bridgehead atoms. The van der Waals surface area contributed by atoms with Crippen LogP contribution in [0.25, 0.3) is 11.3 Å². The van der Waals surface area contributed by atoms with Gasteiger partial charge in [-0.2, -0.15) is 0 Å². The van der Waals surface area contributed by atoms with Crippen molar-refractivity contribution < 1.29 is 13.5 Å². The molecule has 0 aliphatic carbocycles. The SMILES string of the molecule is COc1ccc(F)cc1-c1nc(CCN)oc1C. The average molecular weight is 250 g/mol. The van der Waals surface area contributed by atoms with Gasteiger partial charge in [0.15, 0.2) is 5.89 Å². The first-order chi connectivity index (χ1) is 8.65. The van der Waals surface area contributed by atoms with Gasteiger partial charge in [0.25, 0.3) is 0 Å². The fraction of sp³-hybridized carbons (Fsp3) is 0.308. The second kappa shape index (κ2) is 5.18. The predicted octanol–water partition coefficient (Wildman–Crippen LogP) is 2.30. The van der Waals surface area contributed by atoms with E-state index in [1.54, 1.807) is 13.0 Å². The molecule has 2 aromatic rings. The third-order valence-electron chi connectivity index (χ3n) is 2.62. The van der Waals surface area contributed by atoms with Gasteiger partial charge in [0.2, 0.25) is 0 Å². The quantitative estimate of drug-likeness (QED) is 0.904.